The molecule has 6 heteroatoms. The second-order valence-electron chi connectivity index (χ2n) is 6.98. The minimum atomic E-state index is -0.109. The third-order valence-corrected chi connectivity index (χ3v) is 5.97. The van der Waals surface area contributed by atoms with Gasteiger partial charge in [-0.2, -0.15) is 0 Å². The summed E-state index contributed by atoms with van der Waals surface area (Å²) in [5.74, 6) is -0.0383. The number of nitrogens with zero attached hydrogens (tertiary/aromatic N) is 2. The highest BCUT2D eigenvalue weighted by Crippen LogP contribution is 2.35. The largest absolute Gasteiger partial charge is 0.373 e. The fourth-order valence-electron chi connectivity index (χ4n) is 3.89. The molecule has 0 aromatic carbocycles. The van der Waals surface area contributed by atoms with Crippen LogP contribution in [0.25, 0.3) is 0 Å². The Bertz CT molecular complexity index is 707. The molecule has 1 spiro atoms. The van der Waals surface area contributed by atoms with Crippen LogP contribution in [0.2, 0.25) is 0 Å². The van der Waals surface area contributed by atoms with Gasteiger partial charge in [0.15, 0.2) is 0 Å². The number of rotatable bonds is 4. The van der Waals surface area contributed by atoms with Gasteiger partial charge in [0.2, 0.25) is 0 Å². The van der Waals surface area contributed by atoms with Gasteiger partial charge < -0.3 is 10.1 Å². The van der Waals surface area contributed by atoms with Crippen LogP contribution in [0.1, 0.15) is 34.5 Å². The van der Waals surface area contributed by atoms with E-state index < -0.39 is 0 Å². The van der Waals surface area contributed by atoms with Crippen molar-refractivity contribution in [3.63, 3.8) is 0 Å². The van der Waals surface area contributed by atoms with Crippen LogP contribution in [0.15, 0.2) is 42.0 Å². The van der Waals surface area contributed by atoms with Gasteiger partial charge in [-0.15, -0.1) is 11.3 Å². The first-order valence-electron chi connectivity index (χ1n) is 8.82. The minimum absolute atomic E-state index is 0.0383. The van der Waals surface area contributed by atoms with Crippen molar-refractivity contribution in [3.05, 3.63) is 52.5 Å². The molecule has 4 heterocycles. The van der Waals surface area contributed by atoms with Crippen LogP contribution in [0.4, 0.5) is 0 Å². The predicted octanol–water partition coefficient (Wildman–Crippen LogP) is 2.70. The highest BCUT2D eigenvalue weighted by atomic mass is 32.1. The molecule has 0 radical (unpaired) electrons. The summed E-state index contributed by atoms with van der Waals surface area (Å²) < 4.78 is 6.19. The van der Waals surface area contributed by atoms with Crippen LogP contribution in [0.3, 0.4) is 0 Å². The van der Waals surface area contributed by atoms with E-state index >= 15 is 0 Å². The van der Waals surface area contributed by atoms with Crippen molar-refractivity contribution in [2.24, 2.45) is 0 Å². The number of aromatic nitrogens is 1. The molecule has 4 rings (SSSR count). The quantitative estimate of drug-likeness (QED) is 0.914. The summed E-state index contributed by atoms with van der Waals surface area (Å²) in [6, 6.07) is 8.06. The fourth-order valence-corrected chi connectivity index (χ4v) is 4.63. The lowest BCUT2D eigenvalue weighted by Gasteiger charge is -2.38. The van der Waals surface area contributed by atoms with Crippen molar-refractivity contribution < 1.29 is 9.53 Å². The van der Waals surface area contributed by atoms with Crippen molar-refractivity contribution in [1.82, 2.24) is 15.2 Å². The Hall–Kier alpha value is -1.76. The Balaban J connectivity index is 1.35. The van der Waals surface area contributed by atoms with E-state index in [1.54, 1.807) is 35.9 Å². The lowest BCUT2D eigenvalue weighted by atomic mass is 9.89. The van der Waals surface area contributed by atoms with Crippen molar-refractivity contribution in [3.8, 4) is 0 Å². The van der Waals surface area contributed by atoms with Crippen molar-refractivity contribution in [2.45, 2.75) is 37.5 Å². The van der Waals surface area contributed by atoms with Crippen LogP contribution >= 0.6 is 11.3 Å². The van der Waals surface area contributed by atoms with Gasteiger partial charge in [-0.3, -0.25) is 14.7 Å². The molecule has 2 aromatic heterocycles. The van der Waals surface area contributed by atoms with E-state index in [-0.39, 0.29) is 17.6 Å². The number of ether oxygens (including phenoxy) is 1. The molecule has 2 saturated heterocycles. The molecule has 2 fully saturated rings. The molecule has 0 saturated carbocycles. The van der Waals surface area contributed by atoms with Crippen molar-refractivity contribution in [1.29, 1.82) is 0 Å². The van der Waals surface area contributed by atoms with Crippen LogP contribution in [-0.4, -0.2) is 47.1 Å². The zero-order valence-electron chi connectivity index (χ0n) is 14.2. The smallest absolute Gasteiger partial charge is 0.253 e. The van der Waals surface area contributed by atoms with E-state index in [4.69, 9.17) is 4.74 Å². The molecule has 0 bridgehead atoms. The number of nitrogens with one attached hydrogen (secondary N) is 1. The fraction of sp³-hybridized carbons (Fsp3) is 0.474. The second kappa shape index (κ2) is 7.23. The maximum Gasteiger partial charge on any atom is 0.253 e. The predicted molar refractivity (Wildman–Crippen MR) is 97.6 cm³/mol. The first-order chi connectivity index (χ1) is 12.2. The monoisotopic (exact) mass is 357 g/mol. The molecule has 0 aliphatic carbocycles. The minimum Gasteiger partial charge on any atom is -0.373 e. The number of carbonyl (C=O) groups excluding carboxylic acids is 1. The van der Waals surface area contributed by atoms with Gasteiger partial charge in [0.05, 0.1) is 11.2 Å². The third-order valence-electron chi connectivity index (χ3n) is 5.11. The number of pyridine rings is 1. The van der Waals surface area contributed by atoms with Crippen molar-refractivity contribution >= 4 is 17.2 Å². The summed E-state index contributed by atoms with van der Waals surface area (Å²) >= 11 is 1.81. The van der Waals surface area contributed by atoms with E-state index in [2.05, 4.69) is 32.7 Å². The summed E-state index contributed by atoms with van der Waals surface area (Å²) in [4.78, 5) is 20.3. The molecular weight excluding hydrogens is 334 g/mol. The van der Waals surface area contributed by atoms with Gasteiger partial charge in [-0.25, -0.2) is 0 Å². The third kappa shape index (κ3) is 3.92. The highest BCUT2D eigenvalue weighted by Gasteiger charge is 2.43. The maximum atomic E-state index is 12.4. The van der Waals surface area contributed by atoms with Crippen LogP contribution < -0.4 is 5.32 Å². The number of likely N-dealkylation sites (tertiary alicyclic amines) is 1. The van der Waals surface area contributed by atoms with Crippen LogP contribution in [0, 0.1) is 0 Å². The Morgan fingerprint density at radius 1 is 1.44 bits per heavy atom. The van der Waals surface area contributed by atoms with Crippen LogP contribution in [0.5, 0.6) is 0 Å². The second-order valence-corrected chi connectivity index (χ2v) is 8.01. The summed E-state index contributed by atoms with van der Waals surface area (Å²) in [5, 5.41) is 5.30. The lowest BCUT2D eigenvalue weighted by Crippen LogP contribution is -2.49. The van der Waals surface area contributed by atoms with Gasteiger partial charge in [0.25, 0.3) is 5.91 Å². The zero-order chi connectivity index (χ0) is 17.1. The van der Waals surface area contributed by atoms with Crippen molar-refractivity contribution in [2.75, 3.05) is 19.7 Å². The number of carbonyl (C=O) groups is 1. The molecular formula is C19H23N3O2S. The molecule has 25 heavy (non-hydrogen) atoms. The molecule has 5 nitrogen and oxygen atoms in total. The molecule has 132 valence electrons. The number of hydrogen-bond donors (Lipinski definition) is 1. The molecule has 1 amide bonds. The summed E-state index contributed by atoms with van der Waals surface area (Å²) in [6.07, 6.45) is 6.10. The number of hydrogen-bond acceptors (Lipinski definition) is 5. The molecule has 2 atom stereocenters. The van der Waals surface area contributed by atoms with Gasteiger partial charge in [-0.1, -0.05) is 6.07 Å². The van der Waals surface area contributed by atoms with E-state index in [1.807, 2.05) is 0 Å². The Kier molecular flexibility index (Phi) is 4.83. The summed E-state index contributed by atoms with van der Waals surface area (Å²) in [5.41, 5.74) is 0.511. The topological polar surface area (TPSA) is 54.5 Å². The van der Waals surface area contributed by atoms with Gasteiger partial charge in [-0.05, 0) is 42.8 Å². The normalized spacial score (nSPS) is 26.8. The standard InChI is InChI=1S/C19H23N3O2S/c23-18(15-3-1-7-20-12-15)21-16-5-9-24-19(11-16)6-8-22(14-19)13-17-4-2-10-25-17/h1-4,7,10,12,16H,5-6,8-9,11,13-14H2,(H,21,23)/t16-,19-/m0/s1. The molecule has 0 unspecified atom stereocenters. The first kappa shape index (κ1) is 16.7. The molecule has 2 aliphatic rings. The number of amides is 1. The summed E-state index contributed by atoms with van der Waals surface area (Å²) in [7, 11) is 0. The maximum absolute atomic E-state index is 12.4. The highest BCUT2D eigenvalue weighted by molar-refractivity contribution is 7.09. The van der Waals surface area contributed by atoms with Crippen LogP contribution in [-0.2, 0) is 11.3 Å². The van der Waals surface area contributed by atoms with E-state index in [0.717, 1.165) is 38.9 Å². The summed E-state index contributed by atoms with van der Waals surface area (Å²) in [6.45, 7) is 3.71. The Morgan fingerprint density at radius 3 is 3.20 bits per heavy atom. The Morgan fingerprint density at radius 2 is 2.40 bits per heavy atom. The Labute approximate surface area is 152 Å². The SMILES string of the molecule is O=C(N[C@H]1CCO[C@@]2(CCN(Cc3cccs3)C2)C1)c1cccnc1. The average molecular weight is 357 g/mol. The van der Waals surface area contributed by atoms with Gasteiger partial charge >= 0.3 is 0 Å². The average Bonchev–Trinajstić information content (AvgIpc) is 3.27. The van der Waals surface area contributed by atoms with Gasteiger partial charge in [0.1, 0.15) is 0 Å². The zero-order valence-corrected chi connectivity index (χ0v) is 15.0. The first-order valence-corrected chi connectivity index (χ1v) is 9.70. The molecule has 2 aromatic rings. The number of thiophene rings is 1. The van der Waals surface area contributed by atoms with E-state index in [0.29, 0.717) is 12.2 Å². The van der Waals surface area contributed by atoms with E-state index in [9.17, 15) is 4.79 Å². The molecule has 2 aliphatic heterocycles. The van der Waals surface area contributed by atoms with E-state index in [1.165, 1.54) is 4.88 Å². The lowest BCUT2D eigenvalue weighted by molar-refractivity contribution is -0.0792. The van der Waals surface area contributed by atoms with Gasteiger partial charge in [0, 0.05) is 49.6 Å². The molecule has 1 N–H and O–H groups in total.